The highest BCUT2D eigenvalue weighted by Gasteiger charge is 1.98. The lowest BCUT2D eigenvalue weighted by Gasteiger charge is -2.06. The number of nitrogens with two attached hydrogens (primary N) is 1. The first kappa shape index (κ1) is 12.6. The van der Waals surface area contributed by atoms with Crippen molar-refractivity contribution in [2.75, 3.05) is 0 Å². The summed E-state index contributed by atoms with van der Waals surface area (Å²) in [7, 11) is 0. The van der Waals surface area contributed by atoms with Gasteiger partial charge in [-0.1, -0.05) is 32.1 Å². The summed E-state index contributed by atoms with van der Waals surface area (Å²) in [4.78, 5) is 0. The molecule has 0 bridgehead atoms. The predicted octanol–water partition coefficient (Wildman–Crippen LogP) is 3.01. The minimum Gasteiger partial charge on any atom is -0.399 e. The summed E-state index contributed by atoms with van der Waals surface area (Å²) in [5, 5.41) is 0. The van der Waals surface area contributed by atoms with Gasteiger partial charge in [0.25, 0.3) is 0 Å². The third kappa shape index (κ3) is 5.27. The van der Waals surface area contributed by atoms with Crippen molar-refractivity contribution in [3.63, 3.8) is 0 Å². The zero-order valence-electron chi connectivity index (χ0n) is 9.09. The van der Waals surface area contributed by atoms with Gasteiger partial charge in [0.15, 0.2) is 0 Å². The Morgan fingerprint density at radius 3 is 2.79 bits per heavy atom. The zero-order chi connectivity index (χ0) is 11.0. The molecule has 0 saturated carbocycles. The molecule has 0 aromatic heterocycles. The van der Waals surface area contributed by atoms with Gasteiger partial charge >= 0.3 is 0 Å². The summed E-state index contributed by atoms with van der Waals surface area (Å²) in [6.07, 6.45) is 12.5. The Morgan fingerprint density at radius 2 is 2.29 bits per heavy atom. The Morgan fingerprint density at radius 1 is 1.64 bits per heavy atom. The molecule has 0 spiro atoms. The summed E-state index contributed by atoms with van der Waals surface area (Å²) in [5.74, 6) is 2.89. The monoisotopic (exact) mass is 189 g/mol. The molecule has 76 valence electrons. The van der Waals surface area contributed by atoms with E-state index in [1.807, 2.05) is 18.2 Å². The number of terminal acetylenes is 1. The molecule has 0 saturated heterocycles. The molecule has 1 heteroatoms. The fourth-order valence-electron chi connectivity index (χ4n) is 0.958. The molecule has 0 aromatic carbocycles. The van der Waals surface area contributed by atoms with Crippen molar-refractivity contribution in [2.45, 2.75) is 26.7 Å². The summed E-state index contributed by atoms with van der Waals surface area (Å²) >= 11 is 0. The first-order chi connectivity index (χ1) is 6.61. The van der Waals surface area contributed by atoms with Gasteiger partial charge in [-0.3, -0.25) is 0 Å². The van der Waals surface area contributed by atoms with Crippen molar-refractivity contribution >= 4 is 0 Å². The van der Waals surface area contributed by atoms with Gasteiger partial charge in [0, 0.05) is 12.1 Å². The summed E-state index contributed by atoms with van der Waals surface area (Å²) in [5.41, 5.74) is 7.63. The quantitative estimate of drug-likeness (QED) is 0.401. The van der Waals surface area contributed by atoms with Crippen molar-refractivity contribution in [2.24, 2.45) is 11.7 Å². The van der Waals surface area contributed by atoms with Crippen LogP contribution in [0.2, 0.25) is 0 Å². The number of hydrogen-bond donors (Lipinski definition) is 1. The SMILES string of the molecule is C#CC/C=C(N)\C=C/C(C)C(=C)CC. The molecule has 1 nitrogen and oxygen atoms in total. The first-order valence-electron chi connectivity index (χ1n) is 4.86. The largest absolute Gasteiger partial charge is 0.399 e. The molecular formula is C13H19N. The Bertz CT molecular complexity index is 276. The Kier molecular flexibility index (Phi) is 6.32. The Balaban J connectivity index is 4.17. The summed E-state index contributed by atoms with van der Waals surface area (Å²) in [6, 6.07) is 0. The van der Waals surface area contributed by atoms with Crippen LogP contribution >= 0.6 is 0 Å². The number of allylic oxidation sites excluding steroid dienone is 4. The topological polar surface area (TPSA) is 26.0 Å². The van der Waals surface area contributed by atoms with Gasteiger partial charge in [0.1, 0.15) is 0 Å². The van der Waals surface area contributed by atoms with Gasteiger partial charge in [-0.15, -0.1) is 12.3 Å². The molecule has 1 atom stereocenters. The fraction of sp³-hybridized carbons (Fsp3) is 0.385. The van der Waals surface area contributed by atoms with Crippen molar-refractivity contribution in [1.82, 2.24) is 0 Å². The van der Waals surface area contributed by atoms with E-state index in [2.05, 4.69) is 26.3 Å². The van der Waals surface area contributed by atoms with Gasteiger partial charge in [-0.05, 0) is 24.5 Å². The van der Waals surface area contributed by atoms with E-state index in [4.69, 9.17) is 12.2 Å². The second-order valence-corrected chi connectivity index (χ2v) is 3.27. The lowest BCUT2D eigenvalue weighted by Crippen LogP contribution is -1.96. The molecular weight excluding hydrogens is 170 g/mol. The maximum Gasteiger partial charge on any atom is 0.0289 e. The fourth-order valence-corrected chi connectivity index (χ4v) is 0.958. The van der Waals surface area contributed by atoms with Gasteiger partial charge in [-0.25, -0.2) is 0 Å². The lowest BCUT2D eigenvalue weighted by molar-refractivity contribution is 0.814. The van der Waals surface area contributed by atoms with Crippen LogP contribution in [-0.4, -0.2) is 0 Å². The molecule has 0 aliphatic carbocycles. The highest BCUT2D eigenvalue weighted by atomic mass is 14.5. The molecule has 0 heterocycles. The molecule has 0 radical (unpaired) electrons. The van der Waals surface area contributed by atoms with Crippen LogP contribution in [0.15, 0.2) is 36.1 Å². The number of rotatable bonds is 5. The van der Waals surface area contributed by atoms with Crippen molar-refractivity contribution in [3.05, 3.63) is 36.1 Å². The second kappa shape index (κ2) is 7.03. The van der Waals surface area contributed by atoms with E-state index in [1.165, 1.54) is 5.57 Å². The third-order valence-corrected chi connectivity index (χ3v) is 2.13. The van der Waals surface area contributed by atoms with Crippen molar-refractivity contribution in [1.29, 1.82) is 0 Å². The average molecular weight is 189 g/mol. The normalized spacial score (nSPS) is 13.9. The van der Waals surface area contributed by atoms with Gasteiger partial charge in [0.05, 0.1) is 0 Å². The van der Waals surface area contributed by atoms with Crippen LogP contribution < -0.4 is 5.73 Å². The summed E-state index contributed by atoms with van der Waals surface area (Å²) in [6.45, 7) is 8.18. The molecule has 1 unspecified atom stereocenters. The average Bonchev–Trinajstić information content (AvgIpc) is 2.21. The van der Waals surface area contributed by atoms with E-state index in [0.29, 0.717) is 12.3 Å². The van der Waals surface area contributed by atoms with E-state index < -0.39 is 0 Å². The zero-order valence-corrected chi connectivity index (χ0v) is 9.09. The molecule has 0 aliphatic rings. The Labute approximate surface area is 87.4 Å². The first-order valence-corrected chi connectivity index (χ1v) is 4.86. The van der Waals surface area contributed by atoms with Crippen molar-refractivity contribution < 1.29 is 0 Å². The van der Waals surface area contributed by atoms with Gasteiger partial charge in [0.2, 0.25) is 0 Å². The molecule has 0 aromatic rings. The highest BCUT2D eigenvalue weighted by molar-refractivity contribution is 5.20. The minimum atomic E-state index is 0.373. The maximum absolute atomic E-state index is 5.70. The van der Waals surface area contributed by atoms with Crippen LogP contribution in [0.4, 0.5) is 0 Å². The molecule has 0 fully saturated rings. The van der Waals surface area contributed by atoms with Crippen LogP contribution in [0.3, 0.4) is 0 Å². The number of hydrogen-bond acceptors (Lipinski definition) is 1. The molecule has 14 heavy (non-hydrogen) atoms. The molecule has 0 amide bonds. The Hall–Kier alpha value is -1.42. The van der Waals surface area contributed by atoms with Crippen LogP contribution in [0, 0.1) is 18.3 Å². The summed E-state index contributed by atoms with van der Waals surface area (Å²) < 4.78 is 0. The van der Waals surface area contributed by atoms with Crippen molar-refractivity contribution in [3.8, 4) is 12.3 Å². The van der Waals surface area contributed by atoms with Gasteiger partial charge in [-0.2, -0.15) is 0 Å². The van der Waals surface area contributed by atoms with Crippen LogP contribution in [-0.2, 0) is 0 Å². The van der Waals surface area contributed by atoms with E-state index in [-0.39, 0.29) is 0 Å². The smallest absolute Gasteiger partial charge is 0.0289 e. The van der Waals surface area contributed by atoms with Crippen LogP contribution in [0.25, 0.3) is 0 Å². The maximum atomic E-state index is 5.70. The molecule has 2 N–H and O–H groups in total. The van der Waals surface area contributed by atoms with E-state index >= 15 is 0 Å². The lowest BCUT2D eigenvalue weighted by atomic mass is 10.00. The van der Waals surface area contributed by atoms with Crippen LogP contribution in [0.1, 0.15) is 26.7 Å². The highest BCUT2D eigenvalue weighted by Crippen LogP contribution is 2.13. The second-order valence-electron chi connectivity index (χ2n) is 3.27. The third-order valence-electron chi connectivity index (χ3n) is 2.13. The standard InChI is InChI=1S/C13H19N/c1-5-7-8-13(14)10-9-12(4)11(3)6-2/h1,8-10,12H,3,6-7,14H2,2,4H3/b10-9-,13-8+. The molecule has 0 rings (SSSR count). The predicted molar refractivity (Wildman–Crippen MR) is 63.5 cm³/mol. The van der Waals surface area contributed by atoms with Gasteiger partial charge < -0.3 is 5.73 Å². The van der Waals surface area contributed by atoms with Crippen LogP contribution in [0.5, 0.6) is 0 Å². The molecule has 0 aliphatic heterocycles. The van der Waals surface area contributed by atoms with E-state index in [0.717, 1.165) is 12.1 Å². The van der Waals surface area contributed by atoms with E-state index in [1.54, 1.807) is 0 Å². The van der Waals surface area contributed by atoms with E-state index in [9.17, 15) is 0 Å². The minimum absolute atomic E-state index is 0.373.